The summed E-state index contributed by atoms with van der Waals surface area (Å²) in [6, 6.07) is 0. The molecule has 1 aliphatic carbocycles. The van der Waals surface area contributed by atoms with Crippen LogP contribution in [0.25, 0.3) is 0 Å². The second kappa shape index (κ2) is 1.24. The average molecular weight is 96.1 g/mol. The molecule has 0 aromatic heterocycles. The molecule has 0 radical (unpaired) electrons. The van der Waals surface area contributed by atoms with Crippen LogP contribution in [0.3, 0.4) is 0 Å². The van der Waals surface area contributed by atoms with Crippen molar-refractivity contribution < 1.29 is 5.11 Å². The van der Waals surface area contributed by atoms with Gasteiger partial charge in [-0.15, -0.1) is 6.42 Å². The van der Waals surface area contributed by atoms with Crippen molar-refractivity contribution in [1.29, 1.82) is 0 Å². The lowest BCUT2D eigenvalue weighted by molar-refractivity contribution is 0.0241. The maximum Gasteiger partial charge on any atom is 0.125 e. The van der Waals surface area contributed by atoms with Gasteiger partial charge in [0.25, 0.3) is 0 Å². The molecule has 0 aromatic carbocycles. The topological polar surface area (TPSA) is 20.2 Å². The molecule has 1 rings (SSSR count). The molecule has 1 nitrogen and oxygen atoms in total. The Morgan fingerprint density at radius 3 is 2.14 bits per heavy atom. The van der Waals surface area contributed by atoms with E-state index in [0.717, 1.165) is 19.3 Å². The van der Waals surface area contributed by atoms with Gasteiger partial charge >= 0.3 is 0 Å². The Bertz CT molecular complexity index is 106. The van der Waals surface area contributed by atoms with E-state index in [1.165, 1.54) is 0 Å². The molecular weight excluding hydrogens is 88.1 g/mol. The third-order valence-corrected chi connectivity index (χ3v) is 1.45. The third kappa shape index (κ3) is 0.618. The number of terminal acetylenes is 1. The molecule has 1 heteroatoms. The van der Waals surface area contributed by atoms with Gasteiger partial charge < -0.3 is 5.11 Å². The molecule has 0 atom stereocenters. The highest BCUT2D eigenvalue weighted by Crippen LogP contribution is 2.29. The first-order valence-electron chi connectivity index (χ1n) is 2.47. The van der Waals surface area contributed by atoms with E-state index in [-0.39, 0.29) is 0 Å². The molecule has 1 N–H and O–H groups in total. The van der Waals surface area contributed by atoms with Gasteiger partial charge in [-0.2, -0.15) is 0 Å². The van der Waals surface area contributed by atoms with Gasteiger partial charge in [0.05, 0.1) is 0 Å². The SMILES string of the molecule is C#CC1(O)CCC1. The van der Waals surface area contributed by atoms with Gasteiger partial charge in [-0.1, -0.05) is 5.92 Å². The summed E-state index contributed by atoms with van der Waals surface area (Å²) in [4.78, 5) is 0. The van der Waals surface area contributed by atoms with Crippen LogP contribution in [-0.2, 0) is 0 Å². The lowest BCUT2D eigenvalue weighted by atomic mass is 9.81. The number of hydrogen-bond donors (Lipinski definition) is 1. The quantitative estimate of drug-likeness (QED) is 0.436. The molecule has 0 bridgehead atoms. The number of rotatable bonds is 0. The molecule has 1 fully saturated rings. The molecule has 7 heavy (non-hydrogen) atoms. The van der Waals surface area contributed by atoms with Crippen molar-refractivity contribution in [2.45, 2.75) is 24.9 Å². The highest BCUT2D eigenvalue weighted by Gasteiger charge is 2.31. The van der Waals surface area contributed by atoms with Crippen molar-refractivity contribution in [3.63, 3.8) is 0 Å². The van der Waals surface area contributed by atoms with Crippen LogP contribution in [0, 0.1) is 12.3 Å². The minimum atomic E-state index is -0.708. The highest BCUT2D eigenvalue weighted by atomic mass is 16.3. The van der Waals surface area contributed by atoms with Gasteiger partial charge in [0, 0.05) is 0 Å². The van der Waals surface area contributed by atoms with E-state index >= 15 is 0 Å². The lowest BCUT2D eigenvalue weighted by Crippen LogP contribution is -2.34. The van der Waals surface area contributed by atoms with Gasteiger partial charge in [-0.05, 0) is 19.3 Å². The summed E-state index contributed by atoms with van der Waals surface area (Å²) >= 11 is 0. The zero-order valence-corrected chi connectivity index (χ0v) is 4.15. The van der Waals surface area contributed by atoms with Crippen molar-refractivity contribution in [2.24, 2.45) is 0 Å². The van der Waals surface area contributed by atoms with Crippen molar-refractivity contribution in [3.05, 3.63) is 0 Å². The van der Waals surface area contributed by atoms with Crippen molar-refractivity contribution in [2.75, 3.05) is 0 Å². The van der Waals surface area contributed by atoms with Crippen molar-refractivity contribution in [3.8, 4) is 12.3 Å². The number of aliphatic hydroxyl groups is 1. The normalized spacial score (nSPS) is 25.1. The molecule has 1 saturated carbocycles. The van der Waals surface area contributed by atoms with E-state index in [0.29, 0.717) is 0 Å². The summed E-state index contributed by atoms with van der Waals surface area (Å²) in [6.07, 6.45) is 7.64. The Kier molecular flexibility index (Phi) is 0.831. The second-order valence-corrected chi connectivity index (χ2v) is 2.03. The van der Waals surface area contributed by atoms with Crippen LogP contribution in [0.4, 0.5) is 0 Å². The van der Waals surface area contributed by atoms with E-state index in [1.807, 2.05) is 0 Å². The summed E-state index contributed by atoms with van der Waals surface area (Å²) in [5.74, 6) is 2.33. The molecule has 0 aromatic rings. The van der Waals surface area contributed by atoms with E-state index in [1.54, 1.807) is 0 Å². The summed E-state index contributed by atoms with van der Waals surface area (Å²) in [5, 5.41) is 8.98. The van der Waals surface area contributed by atoms with Crippen LogP contribution in [-0.4, -0.2) is 10.7 Å². The van der Waals surface area contributed by atoms with Gasteiger partial charge in [0.2, 0.25) is 0 Å². The van der Waals surface area contributed by atoms with Gasteiger partial charge in [-0.3, -0.25) is 0 Å². The first kappa shape index (κ1) is 4.67. The van der Waals surface area contributed by atoms with E-state index in [2.05, 4.69) is 5.92 Å². The summed E-state index contributed by atoms with van der Waals surface area (Å²) < 4.78 is 0. The van der Waals surface area contributed by atoms with Crippen LogP contribution in [0.2, 0.25) is 0 Å². The lowest BCUT2D eigenvalue weighted by Gasteiger charge is -2.30. The van der Waals surface area contributed by atoms with Crippen LogP contribution in [0.1, 0.15) is 19.3 Å². The predicted molar refractivity (Wildman–Crippen MR) is 27.6 cm³/mol. The summed E-state index contributed by atoms with van der Waals surface area (Å²) in [7, 11) is 0. The van der Waals surface area contributed by atoms with Crippen molar-refractivity contribution in [1.82, 2.24) is 0 Å². The number of hydrogen-bond acceptors (Lipinski definition) is 1. The summed E-state index contributed by atoms with van der Waals surface area (Å²) in [5.41, 5.74) is -0.708. The second-order valence-electron chi connectivity index (χ2n) is 2.03. The summed E-state index contributed by atoms with van der Waals surface area (Å²) in [6.45, 7) is 0. The van der Waals surface area contributed by atoms with Crippen LogP contribution >= 0.6 is 0 Å². The Morgan fingerprint density at radius 1 is 1.57 bits per heavy atom. The Hall–Kier alpha value is -0.480. The molecule has 0 unspecified atom stereocenters. The molecule has 0 amide bonds. The van der Waals surface area contributed by atoms with Crippen LogP contribution in [0.15, 0.2) is 0 Å². The Labute approximate surface area is 43.4 Å². The van der Waals surface area contributed by atoms with Crippen LogP contribution < -0.4 is 0 Å². The van der Waals surface area contributed by atoms with Gasteiger partial charge in [0.15, 0.2) is 0 Å². The van der Waals surface area contributed by atoms with Crippen molar-refractivity contribution >= 4 is 0 Å². The maximum absolute atomic E-state index is 8.98. The molecular formula is C6H8O. The minimum Gasteiger partial charge on any atom is -0.378 e. The fourth-order valence-electron chi connectivity index (χ4n) is 0.656. The van der Waals surface area contributed by atoms with E-state index in [9.17, 15) is 0 Å². The Morgan fingerprint density at radius 2 is 2.14 bits per heavy atom. The van der Waals surface area contributed by atoms with E-state index in [4.69, 9.17) is 11.5 Å². The Balaban J connectivity index is 2.48. The standard InChI is InChI=1S/C6H8O/c1-2-6(7)4-3-5-6/h1,7H,3-5H2. The van der Waals surface area contributed by atoms with Crippen LogP contribution in [0.5, 0.6) is 0 Å². The molecule has 0 spiro atoms. The average Bonchev–Trinajstić information content (AvgIpc) is 1.61. The third-order valence-electron chi connectivity index (χ3n) is 1.45. The fourth-order valence-corrected chi connectivity index (χ4v) is 0.656. The first-order valence-corrected chi connectivity index (χ1v) is 2.47. The predicted octanol–water partition coefficient (Wildman–Crippen LogP) is 0.535. The minimum absolute atomic E-state index is 0.708. The van der Waals surface area contributed by atoms with E-state index < -0.39 is 5.60 Å². The largest absolute Gasteiger partial charge is 0.378 e. The monoisotopic (exact) mass is 96.1 g/mol. The van der Waals surface area contributed by atoms with Gasteiger partial charge in [0.1, 0.15) is 5.60 Å². The molecule has 0 heterocycles. The maximum atomic E-state index is 8.98. The highest BCUT2D eigenvalue weighted by molar-refractivity contribution is 5.11. The first-order chi connectivity index (χ1) is 3.27. The zero-order chi connectivity index (χ0) is 5.33. The van der Waals surface area contributed by atoms with Gasteiger partial charge in [-0.25, -0.2) is 0 Å². The fraction of sp³-hybridized carbons (Fsp3) is 0.667. The molecule has 1 aliphatic rings. The molecule has 38 valence electrons. The molecule has 0 aliphatic heterocycles. The molecule has 0 saturated heterocycles. The smallest absolute Gasteiger partial charge is 0.125 e. The zero-order valence-electron chi connectivity index (χ0n) is 4.15.